The van der Waals surface area contributed by atoms with Crippen LogP contribution in [0.4, 0.5) is 0 Å². The number of carbonyl (C=O) groups is 2. The maximum atomic E-state index is 11.8. The van der Waals surface area contributed by atoms with Crippen molar-refractivity contribution in [1.29, 1.82) is 0 Å². The molecule has 0 radical (unpaired) electrons. The quantitative estimate of drug-likeness (QED) is 0.621. The highest BCUT2D eigenvalue weighted by atomic mass is 16.1. The van der Waals surface area contributed by atoms with Crippen LogP contribution in [0.25, 0.3) is 11.1 Å². The predicted octanol–water partition coefficient (Wildman–Crippen LogP) is 2.79. The molecular formula is C15H14N2O2. The molecule has 0 saturated heterocycles. The summed E-state index contributed by atoms with van der Waals surface area (Å²) in [6, 6.07) is 7.00. The second-order valence-electron chi connectivity index (χ2n) is 4.54. The molecule has 0 aliphatic heterocycles. The van der Waals surface area contributed by atoms with Gasteiger partial charge in [0, 0.05) is 29.4 Å². The summed E-state index contributed by atoms with van der Waals surface area (Å²) in [6.45, 7) is 3.69. The maximum absolute atomic E-state index is 11.8. The highest BCUT2D eigenvalue weighted by Crippen LogP contribution is 2.18. The number of carbonyl (C=O) groups excluding carboxylic acids is 2. The van der Waals surface area contributed by atoms with Crippen LogP contribution in [-0.4, -0.2) is 22.0 Å². The first-order valence-corrected chi connectivity index (χ1v) is 6.03. The average molecular weight is 254 g/mol. The van der Waals surface area contributed by atoms with E-state index < -0.39 is 0 Å². The molecule has 2 heterocycles. The smallest absolute Gasteiger partial charge is 0.183 e. The highest BCUT2D eigenvalue weighted by Gasteiger charge is 2.11. The topological polar surface area (TPSA) is 59.9 Å². The number of aldehydes is 1. The highest BCUT2D eigenvalue weighted by molar-refractivity contribution is 5.95. The van der Waals surface area contributed by atoms with Gasteiger partial charge in [0.15, 0.2) is 12.1 Å². The van der Waals surface area contributed by atoms with Crippen LogP contribution < -0.4 is 0 Å². The third-order valence-corrected chi connectivity index (χ3v) is 2.78. The van der Waals surface area contributed by atoms with Gasteiger partial charge in [0.05, 0.1) is 0 Å². The lowest BCUT2D eigenvalue weighted by Crippen LogP contribution is -2.09. The Hall–Kier alpha value is -2.36. The van der Waals surface area contributed by atoms with E-state index in [-0.39, 0.29) is 11.7 Å². The van der Waals surface area contributed by atoms with Crippen LogP contribution in [0.5, 0.6) is 0 Å². The molecule has 4 nitrogen and oxygen atoms in total. The molecule has 2 aromatic rings. The van der Waals surface area contributed by atoms with Crippen molar-refractivity contribution in [2.45, 2.75) is 13.8 Å². The zero-order valence-corrected chi connectivity index (χ0v) is 10.8. The molecule has 0 amide bonds. The Morgan fingerprint density at radius 2 is 1.68 bits per heavy atom. The number of nitrogens with zero attached hydrogens (tertiary/aromatic N) is 2. The second-order valence-corrected chi connectivity index (χ2v) is 4.54. The van der Waals surface area contributed by atoms with Crippen LogP contribution in [0.2, 0.25) is 0 Å². The van der Waals surface area contributed by atoms with E-state index in [1.807, 2.05) is 19.9 Å². The molecule has 0 N–H and O–H groups in total. The Morgan fingerprint density at radius 1 is 1.05 bits per heavy atom. The van der Waals surface area contributed by atoms with Gasteiger partial charge in [-0.1, -0.05) is 26.0 Å². The summed E-state index contributed by atoms with van der Waals surface area (Å²) in [5.41, 5.74) is 2.59. The van der Waals surface area contributed by atoms with Gasteiger partial charge >= 0.3 is 0 Å². The molecule has 19 heavy (non-hydrogen) atoms. The zero-order valence-electron chi connectivity index (χ0n) is 10.8. The Balaban J connectivity index is 2.26. The summed E-state index contributed by atoms with van der Waals surface area (Å²) in [6.07, 6.45) is 3.96. The summed E-state index contributed by atoms with van der Waals surface area (Å²) in [4.78, 5) is 30.5. The standard InChI is InChI=1S/C15H14N2O2/c1-10(2)15(19)14-6-4-12(8-17-14)11-3-5-13(9-18)16-7-11/h3-10H,1-2H3. The van der Waals surface area contributed by atoms with Gasteiger partial charge in [-0.3, -0.25) is 19.6 Å². The molecule has 0 aromatic carbocycles. The van der Waals surface area contributed by atoms with Gasteiger partial charge in [-0.25, -0.2) is 0 Å². The largest absolute Gasteiger partial charge is 0.296 e. The van der Waals surface area contributed by atoms with E-state index in [1.54, 1.807) is 30.6 Å². The van der Waals surface area contributed by atoms with Crippen molar-refractivity contribution in [3.05, 3.63) is 48.0 Å². The van der Waals surface area contributed by atoms with Crippen LogP contribution in [0.1, 0.15) is 34.8 Å². The monoisotopic (exact) mass is 254 g/mol. The number of hydrogen-bond donors (Lipinski definition) is 0. The predicted molar refractivity (Wildman–Crippen MR) is 72.0 cm³/mol. The molecule has 0 aliphatic rings. The first kappa shape index (κ1) is 13.1. The Morgan fingerprint density at radius 3 is 2.11 bits per heavy atom. The second kappa shape index (κ2) is 5.52. The van der Waals surface area contributed by atoms with Crippen LogP contribution in [0.3, 0.4) is 0 Å². The summed E-state index contributed by atoms with van der Waals surface area (Å²) in [7, 11) is 0. The molecule has 2 aromatic heterocycles. The van der Waals surface area contributed by atoms with E-state index >= 15 is 0 Å². The van der Waals surface area contributed by atoms with E-state index in [0.717, 1.165) is 11.1 Å². The van der Waals surface area contributed by atoms with E-state index in [9.17, 15) is 9.59 Å². The molecule has 0 unspecified atom stereocenters. The van der Waals surface area contributed by atoms with Gasteiger partial charge in [-0.05, 0) is 12.1 Å². The summed E-state index contributed by atoms with van der Waals surface area (Å²) in [5, 5.41) is 0. The fourth-order valence-corrected chi connectivity index (χ4v) is 1.65. The molecule has 2 rings (SSSR count). The van der Waals surface area contributed by atoms with Crippen molar-refractivity contribution in [2.75, 3.05) is 0 Å². The molecule has 0 aliphatic carbocycles. The molecular weight excluding hydrogens is 240 g/mol. The lowest BCUT2D eigenvalue weighted by molar-refractivity contribution is 0.0934. The minimum atomic E-state index is -0.0631. The lowest BCUT2D eigenvalue weighted by Gasteiger charge is -2.05. The van der Waals surface area contributed by atoms with Gasteiger partial charge in [0.2, 0.25) is 0 Å². The minimum Gasteiger partial charge on any atom is -0.296 e. The SMILES string of the molecule is CC(C)C(=O)c1ccc(-c2ccc(C=O)nc2)cn1. The van der Waals surface area contributed by atoms with Crippen molar-refractivity contribution in [1.82, 2.24) is 9.97 Å². The van der Waals surface area contributed by atoms with Gasteiger partial charge < -0.3 is 0 Å². The number of pyridine rings is 2. The molecule has 96 valence electrons. The van der Waals surface area contributed by atoms with Crippen molar-refractivity contribution in [2.24, 2.45) is 5.92 Å². The van der Waals surface area contributed by atoms with Crippen molar-refractivity contribution >= 4 is 12.1 Å². The van der Waals surface area contributed by atoms with E-state index in [0.29, 0.717) is 17.7 Å². The molecule has 0 spiro atoms. The van der Waals surface area contributed by atoms with Crippen LogP contribution in [-0.2, 0) is 0 Å². The Bertz CT molecular complexity index is 587. The number of aromatic nitrogens is 2. The lowest BCUT2D eigenvalue weighted by atomic mass is 10.0. The van der Waals surface area contributed by atoms with Gasteiger partial charge in [0.25, 0.3) is 0 Å². The van der Waals surface area contributed by atoms with E-state index in [1.165, 1.54) is 0 Å². The summed E-state index contributed by atoms with van der Waals surface area (Å²) >= 11 is 0. The van der Waals surface area contributed by atoms with E-state index in [2.05, 4.69) is 9.97 Å². The Kier molecular flexibility index (Phi) is 3.80. The van der Waals surface area contributed by atoms with Gasteiger partial charge in [-0.15, -0.1) is 0 Å². The summed E-state index contributed by atoms with van der Waals surface area (Å²) < 4.78 is 0. The van der Waals surface area contributed by atoms with Crippen LogP contribution in [0.15, 0.2) is 36.7 Å². The van der Waals surface area contributed by atoms with Crippen LogP contribution >= 0.6 is 0 Å². The number of Topliss-reactive ketones (excluding diaryl/α,β-unsaturated/α-hetero) is 1. The molecule has 0 fully saturated rings. The van der Waals surface area contributed by atoms with Gasteiger partial charge in [-0.2, -0.15) is 0 Å². The Labute approximate surface area is 111 Å². The third kappa shape index (κ3) is 2.91. The first-order valence-electron chi connectivity index (χ1n) is 6.03. The molecule has 0 bridgehead atoms. The summed E-state index contributed by atoms with van der Waals surface area (Å²) in [5.74, 6) is -0.0344. The molecule has 0 saturated carbocycles. The zero-order chi connectivity index (χ0) is 13.8. The average Bonchev–Trinajstić information content (AvgIpc) is 2.46. The minimum absolute atomic E-state index is 0.0287. The van der Waals surface area contributed by atoms with Crippen molar-refractivity contribution in [3.8, 4) is 11.1 Å². The number of hydrogen-bond acceptors (Lipinski definition) is 4. The van der Waals surface area contributed by atoms with Crippen molar-refractivity contribution < 1.29 is 9.59 Å². The fourth-order valence-electron chi connectivity index (χ4n) is 1.65. The maximum Gasteiger partial charge on any atom is 0.183 e. The fraction of sp³-hybridized carbons (Fsp3) is 0.200. The first-order chi connectivity index (χ1) is 9.11. The van der Waals surface area contributed by atoms with E-state index in [4.69, 9.17) is 0 Å². The molecule has 0 atom stereocenters. The van der Waals surface area contributed by atoms with Crippen LogP contribution in [0, 0.1) is 5.92 Å². The van der Waals surface area contributed by atoms with Gasteiger partial charge in [0.1, 0.15) is 11.4 Å². The molecule has 4 heteroatoms. The number of rotatable bonds is 4. The number of ketones is 1. The van der Waals surface area contributed by atoms with Crippen molar-refractivity contribution in [3.63, 3.8) is 0 Å². The normalized spacial score (nSPS) is 10.5. The third-order valence-electron chi connectivity index (χ3n) is 2.78.